The number of carbonyl (C=O) groups is 2. The second-order valence-electron chi connectivity index (χ2n) is 4.85. The van der Waals surface area contributed by atoms with Gasteiger partial charge in [0.2, 0.25) is 0 Å². The third-order valence-electron chi connectivity index (χ3n) is 3.24. The number of hydrogen-bond acceptors (Lipinski definition) is 3. The molecule has 1 aliphatic carbocycles. The van der Waals surface area contributed by atoms with E-state index in [2.05, 4.69) is 0 Å². The van der Waals surface area contributed by atoms with Gasteiger partial charge in [0.1, 0.15) is 12.4 Å². The zero-order valence-corrected chi connectivity index (χ0v) is 11.3. The average molecular weight is 293 g/mol. The standard InChI is InChI=1S/C14H12FNO3S/c15-9-1-4-11-8(5-9)6-12(20-11)14(19)16(7-13(17)18)10-2-3-10/h1,4-6,10H,2-3,7H2,(H,17,18). The highest BCUT2D eigenvalue weighted by molar-refractivity contribution is 7.20. The Morgan fingerprint density at radius 1 is 1.35 bits per heavy atom. The van der Waals surface area contributed by atoms with Gasteiger partial charge in [-0.3, -0.25) is 9.59 Å². The maximum atomic E-state index is 13.1. The van der Waals surface area contributed by atoms with Gasteiger partial charge in [-0.25, -0.2) is 4.39 Å². The molecule has 0 saturated heterocycles. The molecule has 0 unspecified atom stereocenters. The van der Waals surface area contributed by atoms with Crippen LogP contribution in [0.2, 0.25) is 0 Å². The van der Waals surface area contributed by atoms with Gasteiger partial charge in [0.05, 0.1) is 4.88 Å². The second-order valence-corrected chi connectivity index (χ2v) is 5.93. The normalized spacial score (nSPS) is 14.4. The Balaban J connectivity index is 1.92. The quantitative estimate of drug-likeness (QED) is 0.943. The van der Waals surface area contributed by atoms with E-state index in [1.165, 1.54) is 28.4 Å². The van der Waals surface area contributed by atoms with Gasteiger partial charge in [-0.05, 0) is 42.5 Å². The Labute approximate surface area is 118 Å². The molecule has 0 radical (unpaired) electrons. The van der Waals surface area contributed by atoms with Crippen LogP contribution in [0.25, 0.3) is 10.1 Å². The lowest BCUT2D eigenvalue weighted by Gasteiger charge is -2.19. The molecule has 1 saturated carbocycles. The van der Waals surface area contributed by atoms with Crippen molar-refractivity contribution in [2.75, 3.05) is 6.54 Å². The summed E-state index contributed by atoms with van der Waals surface area (Å²) in [6.45, 7) is -0.286. The fraction of sp³-hybridized carbons (Fsp3) is 0.286. The smallest absolute Gasteiger partial charge is 0.323 e. The van der Waals surface area contributed by atoms with Crippen molar-refractivity contribution < 1.29 is 19.1 Å². The number of hydrogen-bond donors (Lipinski definition) is 1. The molecule has 1 aromatic heterocycles. The highest BCUT2D eigenvalue weighted by Crippen LogP contribution is 2.32. The van der Waals surface area contributed by atoms with Gasteiger partial charge >= 0.3 is 5.97 Å². The summed E-state index contributed by atoms with van der Waals surface area (Å²) in [6.07, 6.45) is 1.69. The van der Waals surface area contributed by atoms with Crippen LogP contribution in [0, 0.1) is 5.82 Å². The van der Waals surface area contributed by atoms with Crippen molar-refractivity contribution in [3.63, 3.8) is 0 Å². The summed E-state index contributed by atoms with van der Waals surface area (Å²) in [5.41, 5.74) is 0. The van der Waals surface area contributed by atoms with Gasteiger partial charge in [-0.1, -0.05) is 0 Å². The van der Waals surface area contributed by atoms with Crippen molar-refractivity contribution in [2.45, 2.75) is 18.9 Å². The number of thiophene rings is 1. The zero-order chi connectivity index (χ0) is 14.3. The van der Waals surface area contributed by atoms with Gasteiger partial charge in [-0.2, -0.15) is 0 Å². The number of aliphatic carboxylic acids is 1. The van der Waals surface area contributed by atoms with Crippen LogP contribution in [0.3, 0.4) is 0 Å². The van der Waals surface area contributed by atoms with Crippen molar-refractivity contribution in [3.8, 4) is 0 Å². The van der Waals surface area contributed by atoms with E-state index in [1.54, 1.807) is 12.1 Å². The third kappa shape index (κ3) is 2.51. The fourth-order valence-electron chi connectivity index (χ4n) is 2.16. The van der Waals surface area contributed by atoms with Crippen molar-refractivity contribution >= 4 is 33.3 Å². The molecule has 1 heterocycles. The SMILES string of the molecule is O=C(O)CN(C(=O)c1cc2cc(F)ccc2s1)C1CC1. The Morgan fingerprint density at radius 3 is 2.75 bits per heavy atom. The number of nitrogens with zero attached hydrogens (tertiary/aromatic N) is 1. The summed E-state index contributed by atoms with van der Waals surface area (Å²) in [6, 6.07) is 6.01. The van der Waals surface area contributed by atoms with Crippen LogP contribution >= 0.6 is 11.3 Å². The van der Waals surface area contributed by atoms with Gasteiger partial charge in [-0.15, -0.1) is 11.3 Å². The second kappa shape index (κ2) is 4.86. The number of halogens is 1. The zero-order valence-electron chi connectivity index (χ0n) is 10.5. The summed E-state index contributed by atoms with van der Waals surface area (Å²) in [7, 11) is 0. The topological polar surface area (TPSA) is 57.6 Å². The molecular weight excluding hydrogens is 281 g/mol. The number of carboxylic acids is 1. The van der Waals surface area contributed by atoms with Crippen molar-refractivity contribution in [2.24, 2.45) is 0 Å². The van der Waals surface area contributed by atoms with E-state index in [9.17, 15) is 14.0 Å². The third-order valence-corrected chi connectivity index (χ3v) is 4.35. The average Bonchev–Trinajstić information content (AvgIpc) is 3.14. The number of fused-ring (bicyclic) bond motifs is 1. The predicted molar refractivity (Wildman–Crippen MR) is 73.5 cm³/mol. The molecule has 4 nitrogen and oxygen atoms in total. The predicted octanol–water partition coefficient (Wildman–Crippen LogP) is 2.73. The van der Waals surface area contributed by atoms with Crippen molar-refractivity contribution in [3.05, 3.63) is 35.0 Å². The summed E-state index contributed by atoms with van der Waals surface area (Å²) in [5.74, 6) is -1.65. The maximum absolute atomic E-state index is 13.1. The molecular formula is C14H12FNO3S. The van der Waals surface area contributed by atoms with Crippen LogP contribution in [0.1, 0.15) is 22.5 Å². The fourth-order valence-corrected chi connectivity index (χ4v) is 3.16. The first kappa shape index (κ1) is 13.1. The van der Waals surface area contributed by atoms with E-state index in [0.717, 1.165) is 17.5 Å². The Kier molecular flexibility index (Phi) is 3.17. The minimum Gasteiger partial charge on any atom is -0.480 e. The van der Waals surface area contributed by atoms with Crippen LogP contribution in [-0.4, -0.2) is 34.5 Å². The maximum Gasteiger partial charge on any atom is 0.323 e. The van der Waals surface area contributed by atoms with E-state index >= 15 is 0 Å². The Morgan fingerprint density at radius 2 is 2.10 bits per heavy atom. The number of rotatable bonds is 4. The molecule has 20 heavy (non-hydrogen) atoms. The molecule has 0 aliphatic heterocycles. The van der Waals surface area contributed by atoms with Gasteiger partial charge in [0.15, 0.2) is 0 Å². The van der Waals surface area contributed by atoms with E-state index in [-0.39, 0.29) is 24.3 Å². The molecule has 1 aliphatic rings. The lowest BCUT2D eigenvalue weighted by molar-refractivity contribution is -0.137. The summed E-state index contributed by atoms with van der Waals surface area (Å²) in [4.78, 5) is 25.1. The van der Waals surface area contributed by atoms with E-state index < -0.39 is 5.97 Å². The first-order chi connectivity index (χ1) is 9.54. The molecule has 3 rings (SSSR count). The molecule has 104 valence electrons. The number of amides is 1. The van der Waals surface area contributed by atoms with Crippen molar-refractivity contribution in [1.29, 1.82) is 0 Å². The van der Waals surface area contributed by atoms with Crippen molar-refractivity contribution in [1.82, 2.24) is 4.90 Å². The lowest BCUT2D eigenvalue weighted by Crippen LogP contribution is -2.37. The van der Waals surface area contributed by atoms with Crippen LogP contribution in [0.15, 0.2) is 24.3 Å². The van der Waals surface area contributed by atoms with Crippen LogP contribution in [0.4, 0.5) is 4.39 Å². The Bertz CT molecular complexity index is 693. The first-order valence-corrected chi connectivity index (χ1v) is 7.08. The Hall–Kier alpha value is -1.95. The summed E-state index contributed by atoms with van der Waals surface area (Å²) < 4.78 is 14.0. The number of benzene rings is 1. The largest absolute Gasteiger partial charge is 0.480 e. The lowest BCUT2D eigenvalue weighted by atomic mass is 10.2. The molecule has 2 aromatic rings. The van der Waals surface area contributed by atoms with E-state index in [0.29, 0.717) is 10.3 Å². The van der Waals surface area contributed by atoms with E-state index in [1.807, 2.05) is 0 Å². The molecule has 1 aromatic carbocycles. The minimum atomic E-state index is -1.02. The van der Waals surface area contributed by atoms with Gasteiger partial charge in [0.25, 0.3) is 5.91 Å². The molecule has 1 N–H and O–H groups in total. The highest BCUT2D eigenvalue weighted by atomic mass is 32.1. The first-order valence-electron chi connectivity index (χ1n) is 6.26. The minimum absolute atomic E-state index is 0.0283. The number of carbonyl (C=O) groups excluding carboxylic acids is 1. The monoisotopic (exact) mass is 293 g/mol. The summed E-state index contributed by atoms with van der Waals surface area (Å²) >= 11 is 1.26. The van der Waals surface area contributed by atoms with E-state index in [4.69, 9.17) is 5.11 Å². The molecule has 1 fully saturated rings. The van der Waals surface area contributed by atoms with Crippen LogP contribution in [-0.2, 0) is 4.79 Å². The summed E-state index contributed by atoms with van der Waals surface area (Å²) in [5, 5.41) is 9.56. The van der Waals surface area contributed by atoms with Crippen LogP contribution < -0.4 is 0 Å². The van der Waals surface area contributed by atoms with Gasteiger partial charge in [0, 0.05) is 10.7 Å². The number of carboxylic acid groups (broad SMARTS) is 1. The molecule has 0 bridgehead atoms. The van der Waals surface area contributed by atoms with Gasteiger partial charge < -0.3 is 10.0 Å². The molecule has 0 spiro atoms. The van der Waals surface area contributed by atoms with Crippen LogP contribution in [0.5, 0.6) is 0 Å². The molecule has 1 amide bonds. The highest BCUT2D eigenvalue weighted by Gasteiger charge is 2.34. The molecule has 6 heteroatoms. The molecule has 0 atom stereocenters.